The second kappa shape index (κ2) is 6.30. The SMILES string of the molecule is COC1(C)CN(c2cc(Oc3ccc(C(C)(C)C)c(F)c3)ccn2)C1. The fraction of sp³-hybridized carbons (Fsp3) is 0.450. The van der Waals surface area contributed by atoms with E-state index in [4.69, 9.17) is 9.47 Å². The van der Waals surface area contributed by atoms with Crippen LogP contribution in [0, 0.1) is 5.82 Å². The molecule has 0 radical (unpaired) electrons. The Morgan fingerprint density at radius 2 is 1.80 bits per heavy atom. The maximum Gasteiger partial charge on any atom is 0.132 e. The predicted molar refractivity (Wildman–Crippen MR) is 97.0 cm³/mol. The molecule has 0 N–H and O–H groups in total. The zero-order chi connectivity index (χ0) is 18.2. The Bertz CT molecular complexity index is 765. The molecule has 1 aliphatic heterocycles. The third kappa shape index (κ3) is 3.76. The molecular weight excluding hydrogens is 319 g/mol. The van der Waals surface area contributed by atoms with E-state index in [0.29, 0.717) is 17.1 Å². The lowest BCUT2D eigenvalue weighted by atomic mass is 9.87. The van der Waals surface area contributed by atoms with E-state index < -0.39 is 0 Å². The van der Waals surface area contributed by atoms with Crippen molar-refractivity contribution in [3.63, 3.8) is 0 Å². The summed E-state index contributed by atoms with van der Waals surface area (Å²) in [7, 11) is 1.72. The number of hydrogen-bond acceptors (Lipinski definition) is 4. The highest BCUT2D eigenvalue weighted by Gasteiger charge is 2.39. The van der Waals surface area contributed by atoms with Gasteiger partial charge in [-0.15, -0.1) is 0 Å². The molecule has 1 saturated heterocycles. The van der Waals surface area contributed by atoms with Crippen LogP contribution in [-0.2, 0) is 10.2 Å². The van der Waals surface area contributed by atoms with Gasteiger partial charge in [0.2, 0.25) is 0 Å². The average molecular weight is 344 g/mol. The maximum atomic E-state index is 14.3. The Labute approximate surface area is 148 Å². The minimum Gasteiger partial charge on any atom is -0.457 e. The van der Waals surface area contributed by atoms with Crippen molar-refractivity contribution in [3.05, 3.63) is 47.9 Å². The van der Waals surface area contributed by atoms with Crippen LogP contribution in [0.5, 0.6) is 11.5 Å². The van der Waals surface area contributed by atoms with Crippen molar-refractivity contribution in [2.75, 3.05) is 25.1 Å². The molecule has 0 atom stereocenters. The van der Waals surface area contributed by atoms with Crippen LogP contribution in [-0.4, -0.2) is 30.8 Å². The molecule has 1 aromatic carbocycles. The zero-order valence-corrected chi connectivity index (χ0v) is 15.5. The quantitative estimate of drug-likeness (QED) is 0.816. The van der Waals surface area contributed by atoms with Crippen LogP contribution in [0.3, 0.4) is 0 Å². The third-order valence-electron chi connectivity index (χ3n) is 4.57. The van der Waals surface area contributed by atoms with Crippen molar-refractivity contribution >= 4 is 5.82 Å². The predicted octanol–water partition coefficient (Wildman–Crippen LogP) is 4.54. The number of ether oxygens (including phenoxy) is 2. The van der Waals surface area contributed by atoms with E-state index in [1.165, 1.54) is 6.07 Å². The summed E-state index contributed by atoms with van der Waals surface area (Å²) in [4.78, 5) is 6.51. The molecule has 0 spiro atoms. The Kier molecular flexibility index (Phi) is 4.45. The van der Waals surface area contributed by atoms with E-state index >= 15 is 0 Å². The van der Waals surface area contributed by atoms with Crippen molar-refractivity contribution in [2.24, 2.45) is 0 Å². The lowest BCUT2D eigenvalue weighted by Crippen LogP contribution is -2.61. The van der Waals surface area contributed by atoms with Crippen LogP contribution >= 0.6 is 0 Å². The number of halogens is 1. The maximum absolute atomic E-state index is 14.3. The largest absolute Gasteiger partial charge is 0.457 e. The highest BCUT2D eigenvalue weighted by molar-refractivity contribution is 5.48. The molecule has 4 nitrogen and oxygen atoms in total. The van der Waals surface area contributed by atoms with Crippen LogP contribution in [0.15, 0.2) is 36.5 Å². The van der Waals surface area contributed by atoms with Gasteiger partial charge in [-0.3, -0.25) is 0 Å². The minimum absolute atomic E-state index is 0.121. The molecule has 2 heterocycles. The summed E-state index contributed by atoms with van der Waals surface area (Å²) < 4.78 is 25.6. The highest BCUT2D eigenvalue weighted by atomic mass is 19.1. The van der Waals surface area contributed by atoms with Gasteiger partial charge in [0, 0.05) is 38.5 Å². The molecule has 5 heteroatoms. The second-order valence-electron chi connectivity index (χ2n) is 7.85. The van der Waals surface area contributed by atoms with Gasteiger partial charge in [0.15, 0.2) is 0 Å². The summed E-state index contributed by atoms with van der Waals surface area (Å²) in [5.74, 6) is 1.70. The van der Waals surface area contributed by atoms with Crippen LogP contribution in [0.1, 0.15) is 33.3 Å². The van der Waals surface area contributed by atoms with Gasteiger partial charge in [-0.2, -0.15) is 0 Å². The number of rotatable bonds is 4. The van der Waals surface area contributed by atoms with Gasteiger partial charge >= 0.3 is 0 Å². The van der Waals surface area contributed by atoms with Gasteiger partial charge in [0.05, 0.1) is 5.60 Å². The van der Waals surface area contributed by atoms with Gasteiger partial charge in [0.25, 0.3) is 0 Å². The number of nitrogens with zero attached hydrogens (tertiary/aromatic N) is 2. The fourth-order valence-corrected chi connectivity index (χ4v) is 2.99. The second-order valence-corrected chi connectivity index (χ2v) is 7.85. The number of hydrogen-bond donors (Lipinski definition) is 0. The number of benzene rings is 1. The summed E-state index contributed by atoms with van der Waals surface area (Å²) in [6.45, 7) is 9.61. The first kappa shape index (κ1) is 17.7. The van der Waals surface area contributed by atoms with Crippen molar-refractivity contribution < 1.29 is 13.9 Å². The molecule has 0 amide bonds. The number of anilines is 1. The monoisotopic (exact) mass is 344 g/mol. The van der Waals surface area contributed by atoms with E-state index in [1.807, 2.05) is 26.8 Å². The first-order chi connectivity index (χ1) is 11.7. The van der Waals surface area contributed by atoms with E-state index in [0.717, 1.165) is 18.9 Å². The lowest BCUT2D eigenvalue weighted by Gasteiger charge is -2.47. The molecule has 1 fully saturated rings. The van der Waals surface area contributed by atoms with Crippen molar-refractivity contribution in [2.45, 2.75) is 38.7 Å². The lowest BCUT2D eigenvalue weighted by molar-refractivity contribution is -0.0171. The zero-order valence-electron chi connectivity index (χ0n) is 15.5. The number of aromatic nitrogens is 1. The van der Waals surface area contributed by atoms with Gasteiger partial charge in [0.1, 0.15) is 23.1 Å². The van der Waals surface area contributed by atoms with Crippen LogP contribution in [0.2, 0.25) is 0 Å². The molecular formula is C20H25FN2O2. The molecule has 0 bridgehead atoms. The molecule has 1 aromatic heterocycles. The van der Waals surface area contributed by atoms with Gasteiger partial charge in [-0.25, -0.2) is 9.37 Å². The van der Waals surface area contributed by atoms with Gasteiger partial charge in [-0.1, -0.05) is 26.8 Å². The summed E-state index contributed by atoms with van der Waals surface area (Å²) in [5, 5.41) is 0. The topological polar surface area (TPSA) is 34.6 Å². The Balaban J connectivity index is 1.74. The van der Waals surface area contributed by atoms with Crippen LogP contribution in [0.4, 0.5) is 10.2 Å². The van der Waals surface area contributed by atoms with E-state index in [9.17, 15) is 4.39 Å². The molecule has 25 heavy (non-hydrogen) atoms. The number of methoxy groups -OCH3 is 1. The Hall–Kier alpha value is -2.14. The molecule has 0 saturated carbocycles. The van der Waals surface area contributed by atoms with Gasteiger partial charge < -0.3 is 14.4 Å². The summed E-state index contributed by atoms with van der Waals surface area (Å²) in [5.41, 5.74) is 0.317. The van der Waals surface area contributed by atoms with Crippen molar-refractivity contribution in [1.82, 2.24) is 4.98 Å². The first-order valence-electron chi connectivity index (χ1n) is 8.44. The molecule has 134 valence electrons. The van der Waals surface area contributed by atoms with Crippen LogP contribution < -0.4 is 9.64 Å². The highest BCUT2D eigenvalue weighted by Crippen LogP contribution is 2.33. The van der Waals surface area contributed by atoms with Gasteiger partial charge in [-0.05, 0) is 30.0 Å². The van der Waals surface area contributed by atoms with E-state index in [-0.39, 0.29) is 16.8 Å². The Morgan fingerprint density at radius 1 is 1.12 bits per heavy atom. The summed E-state index contributed by atoms with van der Waals surface area (Å²) >= 11 is 0. The molecule has 1 aliphatic rings. The molecule has 0 unspecified atom stereocenters. The van der Waals surface area contributed by atoms with E-state index in [2.05, 4.69) is 16.8 Å². The van der Waals surface area contributed by atoms with Crippen LogP contribution in [0.25, 0.3) is 0 Å². The van der Waals surface area contributed by atoms with E-state index in [1.54, 1.807) is 31.5 Å². The first-order valence-corrected chi connectivity index (χ1v) is 8.44. The molecule has 3 rings (SSSR count). The Morgan fingerprint density at radius 3 is 2.40 bits per heavy atom. The summed E-state index contributed by atoms with van der Waals surface area (Å²) in [6.07, 6.45) is 1.70. The number of pyridine rings is 1. The summed E-state index contributed by atoms with van der Waals surface area (Å²) in [6, 6.07) is 8.66. The third-order valence-corrected chi connectivity index (χ3v) is 4.57. The minimum atomic E-state index is -0.252. The smallest absolute Gasteiger partial charge is 0.132 e. The standard InChI is InChI=1S/C20H25FN2O2/c1-19(2,3)16-7-6-14(10-17(16)21)25-15-8-9-22-18(11-15)23-12-20(4,13-23)24-5/h6-11H,12-13H2,1-5H3. The van der Waals surface area contributed by atoms with Crippen molar-refractivity contribution in [3.8, 4) is 11.5 Å². The molecule has 0 aliphatic carbocycles. The van der Waals surface area contributed by atoms with Crippen molar-refractivity contribution in [1.29, 1.82) is 0 Å². The molecule has 2 aromatic rings. The normalized spacial score (nSPS) is 16.5. The fourth-order valence-electron chi connectivity index (χ4n) is 2.99. The average Bonchev–Trinajstić information content (AvgIpc) is 2.51.